The van der Waals surface area contributed by atoms with E-state index in [0.29, 0.717) is 6.26 Å². The highest BCUT2D eigenvalue weighted by Gasteiger charge is 2.40. The number of aromatic nitrogens is 1. The van der Waals surface area contributed by atoms with Gasteiger partial charge >= 0.3 is 6.18 Å². The van der Waals surface area contributed by atoms with Crippen LogP contribution in [0.5, 0.6) is 0 Å². The van der Waals surface area contributed by atoms with Gasteiger partial charge in [-0.05, 0) is 18.9 Å². The van der Waals surface area contributed by atoms with Crippen LogP contribution in [0.3, 0.4) is 0 Å². The van der Waals surface area contributed by atoms with Gasteiger partial charge in [0.05, 0.1) is 17.5 Å². The van der Waals surface area contributed by atoms with E-state index in [2.05, 4.69) is 4.98 Å². The van der Waals surface area contributed by atoms with Crippen LogP contribution in [-0.2, 0) is 20.8 Å². The van der Waals surface area contributed by atoms with Gasteiger partial charge in [-0.25, -0.2) is 12.8 Å². The molecule has 2 aromatic rings. The molecule has 1 amide bonds. The Hall–Kier alpha value is -2.63. The normalized spacial score (nSPS) is 22.2. The van der Waals surface area contributed by atoms with Crippen molar-refractivity contribution >= 4 is 21.8 Å². The van der Waals surface area contributed by atoms with Gasteiger partial charge < -0.3 is 14.2 Å². The molecule has 2 saturated heterocycles. The minimum absolute atomic E-state index is 0.0184. The first-order valence-corrected chi connectivity index (χ1v) is 11.9. The van der Waals surface area contributed by atoms with E-state index < -0.39 is 39.5 Å². The molecule has 4 rings (SSSR count). The maximum atomic E-state index is 14.6. The van der Waals surface area contributed by atoms with Gasteiger partial charge in [0.15, 0.2) is 5.69 Å². The molecule has 7 nitrogen and oxygen atoms in total. The maximum Gasteiger partial charge on any atom is 0.436 e. The number of rotatable bonds is 3. The van der Waals surface area contributed by atoms with Gasteiger partial charge in [-0.1, -0.05) is 18.2 Å². The van der Waals surface area contributed by atoms with Crippen molar-refractivity contribution in [3.63, 3.8) is 0 Å². The van der Waals surface area contributed by atoms with Crippen LogP contribution in [-0.4, -0.2) is 55.3 Å². The number of benzene rings is 1. The summed E-state index contributed by atoms with van der Waals surface area (Å²) in [6, 6.07) is 4.83. The third-order valence-corrected chi connectivity index (χ3v) is 7.60. The summed E-state index contributed by atoms with van der Waals surface area (Å²) in [4.78, 5) is 19.7. The summed E-state index contributed by atoms with van der Waals surface area (Å²) in [7, 11) is -3.16. The number of oxazole rings is 1. The summed E-state index contributed by atoms with van der Waals surface area (Å²) in [5.74, 6) is -1.49. The van der Waals surface area contributed by atoms with Gasteiger partial charge in [-0.3, -0.25) is 4.79 Å². The van der Waals surface area contributed by atoms with Crippen LogP contribution < -0.4 is 4.90 Å². The monoisotopic (exact) mass is 475 g/mol. The fraction of sp³-hybridized carbons (Fsp3) is 0.500. The molecule has 0 saturated carbocycles. The Morgan fingerprint density at radius 1 is 1.12 bits per heavy atom. The van der Waals surface area contributed by atoms with E-state index in [9.17, 15) is 30.8 Å². The molecule has 1 atom stereocenters. The Labute approximate surface area is 181 Å². The molecular formula is C20H21F4N3O4S. The van der Waals surface area contributed by atoms with E-state index in [1.165, 1.54) is 28.0 Å². The molecule has 174 valence electrons. The molecule has 0 aliphatic carbocycles. The number of piperazine rings is 1. The Bertz CT molecular complexity index is 1090. The molecule has 3 heterocycles. The average Bonchev–Trinajstić information content (AvgIpc) is 3.24. The van der Waals surface area contributed by atoms with Crippen molar-refractivity contribution in [2.75, 3.05) is 36.0 Å². The predicted molar refractivity (Wildman–Crippen MR) is 106 cm³/mol. The van der Waals surface area contributed by atoms with E-state index in [1.807, 2.05) is 0 Å². The van der Waals surface area contributed by atoms with Gasteiger partial charge in [0.2, 0.25) is 5.91 Å². The van der Waals surface area contributed by atoms with Crippen LogP contribution in [0, 0.1) is 11.7 Å². The maximum absolute atomic E-state index is 14.6. The third-order valence-electron chi connectivity index (χ3n) is 5.88. The second-order valence-electron chi connectivity index (χ2n) is 7.95. The number of carbonyl (C=O) groups is 1. The summed E-state index contributed by atoms with van der Waals surface area (Å²) < 4.78 is 81.8. The number of carbonyl (C=O) groups excluding carboxylic acids is 1. The Kier molecular flexibility index (Phi) is 5.91. The van der Waals surface area contributed by atoms with E-state index in [1.54, 1.807) is 6.07 Å². The second kappa shape index (κ2) is 8.38. The molecule has 0 spiro atoms. The second-order valence-corrected chi connectivity index (χ2v) is 10.3. The Morgan fingerprint density at radius 2 is 1.81 bits per heavy atom. The number of hydrogen-bond acceptors (Lipinski definition) is 6. The molecule has 0 N–H and O–H groups in total. The molecule has 1 aromatic heterocycles. The minimum atomic E-state index is -4.66. The number of sulfone groups is 1. The highest BCUT2D eigenvalue weighted by molar-refractivity contribution is 7.91. The Morgan fingerprint density at radius 3 is 2.44 bits per heavy atom. The summed E-state index contributed by atoms with van der Waals surface area (Å²) in [5, 5.41) is 0. The first-order chi connectivity index (χ1) is 15.0. The molecule has 12 heteroatoms. The molecule has 2 fully saturated rings. The van der Waals surface area contributed by atoms with Crippen LogP contribution >= 0.6 is 0 Å². The zero-order valence-electron chi connectivity index (χ0n) is 16.9. The molecule has 2 aliphatic heterocycles. The van der Waals surface area contributed by atoms with Crippen molar-refractivity contribution in [3.8, 4) is 0 Å². The van der Waals surface area contributed by atoms with Crippen LogP contribution in [0.2, 0.25) is 0 Å². The number of nitrogens with zero attached hydrogens (tertiary/aromatic N) is 3. The molecule has 0 radical (unpaired) electrons. The molecule has 1 aromatic carbocycles. The SMILES string of the molecule is O=C(C1CCS(=O)(=O)CC1)N1CCN(c2nc(C(F)(F)F)co2)CC1c1ccccc1F. The van der Waals surface area contributed by atoms with E-state index in [0.717, 1.165) is 0 Å². The Balaban J connectivity index is 1.60. The standard InChI is InChI=1S/C20H21F4N3O4S/c21-15-4-2-1-3-14(15)16-11-26(19-25-17(12-31-19)20(22,23)24)7-8-27(16)18(28)13-5-9-32(29,30)10-6-13/h1-4,12-13,16H,5-11H2. The highest BCUT2D eigenvalue weighted by Crippen LogP contribution is 2.35. The zero-order valence-corrected chi connectivity index (χ0v) is 17.7. The number of amides is 1. The van der Waals surface area contributed by atoms with Crippen molar-refractivity contribution in [3.05, 3.63) is 47.6 Å². The largest absolute Gasteiger partial charge is 0.436 e. The average molecular weight is 475 g/mol. The quantitative estimate of drug-likeness (QED) is 0.635. The van der Waals surface area contributed by atoms with E-state index in [4.69, 9.17) is 4.42 Å². The lowest BCUT2D eigenvalue weighted by atomic mass is 9.96. The number of alkyl halides is 3. The number of anilines is 1. The molecular weight excluding hydrogens is 454 g/mol. The summed E-state index contributed by atoms with van der Waals surface area (Å²) in [5.41, 5.74) is -0.951. The lowest BCUT2D eigenvalue weighted by Crippen LogP contribution is -2.53. The van der Waals surface area contributed by atoms with E-state index in [-0.39, 0.29) is 61.5 Å². The summed E-state index contributed by atoms with van der Waals surface area (Å²) in [6.45, 7) is 0.222. The van der Waals surface area contributed by atoms with Gasteiger partial charge in [-0.2, -0.15) is 18.2 Å². The third kappa shape index (κ3) is 4.59. The van der Waals surface area contributed by atoms with Gasteiger partial charge in [0, 0.05) is 31.1 Å². The summed E-state index contributed by atoms with van der Waals surface area (Å²) >= 11 is 0. The number of halogens is 4. The van der Waals surface area contributed by atoms with Crippen molar-refractivity contribution in [2.45, 2.75) is 25.1 Å². The number of hydrogen-bond donors (Lipinski definition) is 0. The van der Waals surface area contributed by atoms with Crippen LogP contribution in [0.1, 0.15) is 30.1 Å². The van der Waals surface area contributed by atoms with Crippen molar-refractivity contribution < 1.29 is 35.2 Å². The van der Waals surface area contributed by atoms with Gasteiger partial charge in [0.1, 0.15) is 21.9 Å². The fourth-order valence-corrected chi connectivity index (χ4v) is 5.63. The smallest absolute Gasteiger partial charge is 0.431 e. The van der Waals surface area contributed by atoms with Crippen molar-refractivity contribution in [1.29, 1.82) is 0 Å². The lowest BCUT2D eigenvalue weighted by molar-refractivity contribution is -0.141. The fourth-order valence-electron chi connectivity index (χ4n) is 4.14. The first-order valence-electron chi connectivity index (χ1n) is 10.1. The predicted octanol–water partition coefficient (Wildman–Crippen LogP) is 3.05. The zero-order chi connectivity index (χ0) is 23.1. The molecule has 1 unspecified atom stereocenters. The van der Waals surface area contributed by atoms with Gasteiger partial charge in [0.25, 0.3) is 6.01 Å². The highest BCUT2D eigenvalue weighted by atomic mass is 32.2. The van der Waals surface area contributed by atoms with Crippen LogP contribution in [0.15, 0.2) is 34.9 Å². The molecule has 0 bridgehead atoms. The van der Waals surface area contributed by atoms with Crippen molar-refractivity contribution in [1.82, 2.24) is 9.88 Å². The topological polar surface area (TPSA) is 83.7 Å². The van der Waals surface area contributed by atoms with E-state index >= 15 is 0 Å². The van der Waals surface area contributed by atoms with Crippen LogP contribution in [0.25, 0.3) is 0 Å². The first kappa shape index (κ1) is 22.6. The lowest BCUT2D eigenvalue weighted by Gasteiger charge is -2.43. The summed E-state index contributed by atoms with van der Waals surface area (Å²) in [6.07, 6.45) is -3.75. The minimum Gasteiger partial charge on any atom is -0.431 e. The molecule has 2 aliphatic rings. The van der Waals surface area contributed by atoms with Crippen molar-refractivity contribution in [2.24, 2.45) is 5.92 Å². The molecule has 32 heavy (non-hydrogen) atoms. The van der Waals surface area contributed by atoms with Gasteiger partial charge in [-0.15, -0.1) is 0 Å². The van der Waals surface area contributed by atoms with Crippen LogP contribution in [0.4, 0.5) is 23.6 Å².